The molecule has 40 heavy (non-hydrogen) atoms. The van der Waals surface area contributed by atoms with Crippen molar-refractivity contribution in [1.82, 2.24) is 0 Å². The van der Waals surface area contributed by atoms with Crippen LogP contribution in [0.4, 0.5) is 0 Å². The second kappa shape index (κ2) is 25.2. The fourth-order valence-corrected chi connectivity index (χ4v) is 4.10. The number of ketones is 1. The van der Waals surface area contributed by atoms with E-state index in [9.17, 15) is 14.4 Å². The summed E-state index contributed by atoms with van der Waals surface area (Å²) in [5.41, 5.74) is 0.312. The van der Waals surface area contributed by atoms with E-state index >= 15 is 0 Å². The van der Waals surface area contributed by atoms with Gasteiger partial charge in [-0.15, -0.1) is 11.3 Å². The predicted octanol–water partition coefficient (Wildman–Crippen LogP) is 4.94. The number of thiophene rings is 2. The first-order valence-electron chi connectivity index (χ1n) is 12.8. The molecule has 0 amide bonds. The van der Waals surface area contributed by atoms with Crippen molar-refractivity contribution in [2.75, 3.05) is 26.4 Å². The molecule has 0 atom stereocenters. The van der Waals surface area contributed by atoms with Crippen LogP contribution in [0.3, 0.4) is 0 Å². The molecule has 0 unspecified atom stereocenters. The molecular weight excluding hydrogens is 563 g/mol. The van der Waals surface area contributed by atoms with E-state index in [0.717, 1.165) is 11.3 Å². The summed E-state index contributed by atoms with van der Waals surface area (Å²) in [6, 6.07) is 8.03. The van der Waals surface area contributed by atoms with Crippen molar-refractivity contribution in [2.45, 2.75) is 64.9 Å². The zero-order valence-electron chi connectivity index (χ0n) is 24.4. The van der Waals surface area contributed by atoms with Crippen LogP contribution < -0.4 is 18.9 Å². The van der Waals surface area contributed by atoms with Crippen LogP contribution in [-0.2, 0) is 34.2 Å². The van der Waals surface area contributed by atoms with Gasteiger partial charge in [-0.2, -0.15) is 17.8 Å². The number of ether oxygens (including phenoxy) is 3. The second-order valence-corrected chi connectivity index (χ2v) is 10.7. The molecule has 6 nitrogen and oxygen atoms in total. The first-order chi connectivity index (χ1) is 18.6. The molecule has 218 valence electrons. The van der Waals surface area contributed by atoms with E-state index in [2.05, 4.69) is 27.0 Å². The Bertz CT molecular complexity index is 916. The Morgan fingerprint density at radius 1 is 1.00 bits per heavy atom. The Hall–Kier alpha value is -1.50. The molecule has 0 bridgehead atoms. The molecule has 10 heteroatoms. The summed E-state index contributed by atoms with van der Waals surface area (Å²) in [6.07, 6.45) is 4.96. The van der Waals surface area contributed by atoms with Crippen molar-refractivity contribution in [1.29, 1.82) is 0 Å². The van der Waals surface area contributed by atoms with Crippen molar-refractivity contribution in [3.05, 3.63) is 76.5 Å². The summed E-state index contributed by atoms with van der Waals surface area (Å²) in [5, 5.41) is 5.62. The van der Waals surface area contributed by atoms with E-state index in [1.807, 2.05) is 40.4 Å². The van der Waals surface area contributed by atoms with Gasteiger partial charge in [-0.3, -0.25) is 9.59 Å². The third kappa shape index (κ3) is 19.6. The quantitative estimate of drug-likeness (QED) is 0.158. The number of unbranched alkanes of at least 4 members (excludes halogenated alkanes) is 1. The molecule has 0 spiro atoms. The van der Waals surface area contributed by atoms with Crippen LogP contribution in [0.2, 0.25) is 0 Å². The molecule has 2 aliphatic rings. The number of rotatable bonds is 5. The molecule has 2 fully saturated rings. The van der Waals surface area contributed by atoms with E-state index in [1.165, 1.54) is 6.42 Å². The van der Waals surface area contributed by atoms with Gasteiger partial charge in [-0.25, -0.2) is 4.79 Å². The minimum atomic E-state index is -0.511. The average Bonchev–Trinajstić information content (AvgIpc) is 3.68. The average molecular weight is 605 g/mol. The molecule has 0 radical (unpaired) electrons. The number of esters is 1. The SMILES string of the molecule is C=C(C)C(=O)Cl.C=C(C)C(=O)OC1(c2cccs2)CCOCC1.O=C1CCOCC1.[CH2-]CCC.[Li+].c1ccsc1. The van der Waals surface area contributed by atoms with Crippen LogP contribution in [-0.4, -0.2) is 43.4 Å². The summed E-state index contributed by atoms with van der Waals surface area (Å²) < 4.78 is 16.0. The number of carbonyl (C=O) groups excluding carboxylic acids is 3. The molecular formula is C30H42ClLiO6S2. The van der Waals surface area contributed by atoms with Crippen LogP contribution in [0.5, 0.6) is 0 Å². The number of carbonyl (C=O) groups is 3. The number of hydrogen-bond acceptors (Lipinski definition) is 8. The summed E-state index contributed by atoms with van der Waals surface area (Å²) in [5.74, 6) is 0.0200. The van der Waals surface area contributed by atoms with E-state index in [-0.39, 0.29) is 24.8 Å². The van der Waals surface area contributed by atoms with Gasteiger partial charge >= 0.3 is 24.8 Å². The standard InChI is InChI=1S/C13H16O3S.C5H8O2.C4H5ClO.C4H4S.C4H9.Li/c1-10(2)12(14)16-13(5-7-15-8-6-13)11-4-3-9-17-11;6-5-1-3-7-4-2-5;1-3(2)4(5)6;1-2-4-5-3-1;1-3-4-2;/h3-4,9H,1,5-8H2,2H3;1-4H2;1H2,2H3;1-4H;1,3-4H2,2H3;/q;;;;-1;+1. The van der Waals surface area contributed by atoms with Crippen molar-refractivity contribution in [2.24, 2.45) is 0 Å². The largest absolute Gasteiger partial charge is 1.00 e. The number of Topliss-reactive ketones (excluding diaryl/α,β-unsaturated/α-hetero) is 1. The van der Waals surface area contributed by atoms with Gasteiger partial charge in [0.05, 0.1) is 26.4 Å². The van der Waals surface area contributed by atoms with Gasteiger partial charge in [0.1, 0.15) is 5.78 Å². The summed E-state index contributed by atoms with van der Waals surface area (Å²) in [6.45, 7) is 18.4. The third-order valence-electron chi connectivity index (χ3n) is 5.07. The van der Waals surface area contributed by atoms with Gasteiger partial charge in [0.15, 0.2) is 5.60 Å². The molecule has 4 rings (SSSR count). The van der Waals surface area contributed by atoms with Gasteiger partial charge in [-0.05, 0) is 47.7 Å². The molecule has 2 aromatic rings. The van der Waals surface area contributed by atoms with Crippen LogP contribution in [0.25, 0.3) is 0 Å². The maximum Gasteiger partial charge on any atom is 1.00 e. The Kier molecular flexibility index (Phi) is 25.6. The molecule has 0 aromatic carbocycles. The molecule has 4 heterocycles. The maximum absolute atomic E-state index is 11.8. The molecule has 2 aliphatic heterocycles. The van der Waals surface area contributed by atoms with Gasteiger partial charge in [0, 0.05) is 41.7 Å². The summed E-state index contributed by atoms with van der Waals surface area (Å²) >= 11 is 8.21. The first kappa shape index (κ1) is 40.6. The fraction of sp³-hybridized carbons (Fsp3) is 0.467. The number of allylic oxidation sites excluding steroid dienone is 1. The smallest absolute Gasteiger partial charge is 0.450 e. The minimum Gasteiger partial charge on any atom is -0.450 e. The Morgan fingerprint density at radius 2 is 1.50 bits per heavy atom. The topological polar surface area (TPSA) is 78.9 Å². The van der Waals surface area contributed by atoms with Crippen LogP contribution in [0, 0.1) is 6.92 Å². The Morgan fingerprint density at radius 3 is 1.80 bits per heavy atom. The monoisotopic (exact) mass is 604 g/mol. The van der Waals surface area contributed by atoms with E-state index in [4.69, 9.17) is 25.8 Å². The summed E-state index contributed by atoms with van der Waals surface area (Å²) in [4.78, 5) is 33.0. The zero-order chi connectivity index (χ0) is 29.5. The van der Waals surface area contributed by atoms with Crippen molar-refractivity contribution < 1.29 is 47.5 Å². The normalized spacial score (nSPS) is 14.8. The molecule has 0 aliphatic carbocycles. The third-order valence-corrected chi connectivity index (χ3v) is 7.08. The van der Waals surface area contributed by atoms with Crippen molar-refractivity contribution in [3.8, 4) is 0 Å². The Balaban J connectivity index is 0. The zero-order valence-corrected chi connectivity index (χ0v) is 26.8. The Labute approximate surface area is 265 Å². The summed E-state index contributed by atoms with van der Waals surface area (Å²) in [7, 11) is 0. The first-order valence-corrected chi connectivity index (χ1v) is 15.0. The van der Waals surface area contributed by atoms with Gasteiger partial charge in [0.2, 0.25) is 5.24 Å². The van der Waals surface area contributed by atoms with E-state index < -0.39 is 10.8 Å². The van der Waals surface area contributed by atoms with Gasteiger partial charge in [0.25, 0.3) is 0 Å². The van der Waals surface area contributed by atoms with Gasteiger partial charge in [-0.1, -0.05) is 44.7 Å². The van der Waals surface area contributed by atoms with Crippen LogP contribution >= 0.6 is 34.3 Å². The predicted molar refractivity (Wildman–Crippen MR) is 162 cm³/mol. The molecule has 2 aromatic heterocycles. The van der Waals surface area contributed by atoms with Crippen molar-refractivity contribution >= 4 is 51.3 Å². The fourth-order valence-electron chi connectivity index (χ4n) is 2.73. The van der Waals surface area contributed by atoms with E-state index in [1.54, 1.807) is 36.5 Å². The van der Waals surface area contributed by atoms with Crippen molar-refractivity contribution in [3.63, 3.8) is 0 Å². The van der Waals surface area contributed by atoms with Gasteiger partial charge < -0.3 is 21.1 Å². The van der Waals surface area contributed by atoms with Crippen LogP contribution in [0.15, 0.2) is 64.7 Å². The molecule has 0 saturated carbocycles. The van der Waals surface area contributed by atoms with E-state index in [0.29, 0.717) is 69.0 Å². The maximum atomic E-state index is 11.8. The minimum absolute atomic E-state index is 0. The number of halogens is 1. The second-order valence-electron chi connectivity index (χ2n) is 8.61. The molecule has 0 N–H and O–H groups in total. The number of hydrogen-bond donors (Lipinski definition) is 0. The van der Waals surface area contributed by atoms with Crippen LogP contribution in [0.1, 0.15) is 64.2 Å². The molecule has 2 saturated heterocycles.